The molecule has 3 aromatic rings. The smallest absolute Gasteiger partial charge is 0.248 e. The Balaban J connectivity index is 2.02. The van der Waals surface area contributed by atoms with Crippen LogP contribution in [-0.4, -0.2) is 28.4 Å². The molecule has 9 heteroatoms. The Hall–Kier alpha value is -3.65. The molecule has 8 nitrogen and oxygen atoms in total. The van der Waals surface area contributed by atoms with Crippen LogP contribution in [0.1, 0.15) is 68.5 Å². The quantitative estimate of drug-likeness (QED) is 0.327. The molecule has 1 aromatic heterocycles. The van der Waals surface area contributed by atoms with E-state index in [2.05, 4.69) is 15.8 Å². The lowest BCUT2D eigenvalue weighted by atomic mass is 9.97. The number of aryl methyl sites for hydroxylation is 3. The van der Waals surface area contributed by atoms with Gasteiger partial charge in [0.25, 0.3) is 0 Å². The van der Waals surface area contributed by atoms with Gasteiger partial charge in [-0.2, -0.15) is 0 Å². The number of rotatable bonds is 10. The fourth-order valence-corrected chi connectivity index (χ4v) is 4.29. The number of hydrogen-bond acceptors (Lipinski definition) is 5. The minimum Gasteiger partial charge on any atom is -0.360 e. The van der Waals surface area contributed by atoms with Crippen molar-refractivity contribution in [2.45, 2.75) is 72.4 Å². The van der Waals surface area contributed by atoms with E-state index in [1.165, 1.54) is 4.90 Å². The molecule has 2 N–H and O–H groups in total. The van der Waals surface area contributed by atoms with Gasteiger partial charge in [0, 0.05) is 40.7 Å². The average molecular weight is 539 g/mol. The summed E-state index contributed by atoms with van der Waals surface area (Å²) in [5.74, 6) is -0.306. The van der Waals surface area contributed by atoms with Crippen molar-refractivity contribution in [3.05, 3.63) is 76.0 Å². The number of carbonyl (C=O) groups is 3. The first-order valence-corrected chi connectivity index (χ1v) is 13.0. The van der Waals surface area contributed by atoms with Crippen LogP contribution in [0.2, 0.25) is 5.02 Å². The zero-order chi connectivity index (χ0) is 28.0. The van der Waals surface area contributed by atoms with Gasteiger partial charge in [0.15, 0.2) is 5.82 Å². The maximum Gasteiger partial charge on any atom is 0.248 e. The number of carbonyl (C=O) groups excluding carboxylic acids is 3. The highest BCUT2D eigenvalue weighted by molar-refractivity contribution is 6.31. The molecule has 0 saturated heterocycles. The highest BCUT2D eigenvalue weighted by Gasteiger charge is 2.36. The van der Waals surface area contributed by atoms with Gasteiger partial charge in [0.1, 0.15) is 11.8 Å². The summed E-state index contributed by atoms with van der Waals surface area (Å²) in [7, 11) is 0. The van der Waals surface area contributed by atoms with E-state index in [1.807, 2.05) is 52.8 Å². The summed E-state index contributed by atoms with van der Waals surface area (Å²) in [6.07, 6.45) is 0.442. The van der Waals surface area contributed by atoms with Crippen LogP contribution >= 0.6 is 11.6 Å². The first-order chi connectivity index (χ1) is 17.9. The van der Waals surface area contributed by atoms with Crippen molar-refractivity contribution in [2.24, 2.45) is 0 Å². The van der Waals surface area contributed by atoms with E-state index >= 15 is 0 Å². The second-order valence-electron chi connectivity index (χ2n) is 10.1. The first-order valence-electron chi connectivity index (χ1n) is 12.6. The average Bonchev–Trinajstić information content (AvgIpc) is 3.26. The fourth-order valence-electron chi connectivity index (χ4n) is 4.05. The molecule has 2 aromatic carbocycles. The lowest BCUT2D eigenvalue weighted by Gasteiger charge is -2.35. The van der Waals surface area contributed by atoms with Crippen LogP contribution in [-0.2, 0) is 14.4 Å². The van der Waals surface area contributed by atoms with Gasteiger partial charge >= 0.3 is 0 Å². The van der Waals surface area contributed by atoms with E-state index in [0.29, 0.717) is 28.5 Å². The Morgan fingerprint density at radius 2 is 1.76 bits per heavy atom. The molecule has 0 unspecified atom stereocenters. The Kier molecular flexibility index (Phi) is 9.33. The van der Waals surface area contributed by atoms with Gasteiger partial charge in [-0.25, -0.2) is 0 Å². The number of anilines is 2. The molecular weight excluding hydrogens is 504 g/mol. The molecule has 0 saturated carbocycles. The third kappa shape index (κ3) is 7.22. The van der Waals surface area contributed by atoms with Crippen molar-refractivity contribution in [2.75, 3.05) is 10.2 Å². The molecule has 0 spiro atoms. The molecular formula is C29H35ClN4O4. The zero-order valence-corrected chi connectivity index (χ0v) is 23.5. The van der Waals surface area contributed by atoms with Crippen LogP contribution < -0.4 is 15.5 Å². The predicted octanol–water partition coefficient (Wildman–Crippen LogP) is 6.05. The minimum atomic E-state index is -1.05. The first kappa shape index (κ1) is 28.9. The Labute approximate surface area is 228 Å². The van der Waals surface area contributed by atoms with Crippen LogP contribution in [0.5, 0.6) is 0 Å². The highest BCUT2D eigenvalue weighted by Crippen LogP contribution is 2.35. The van der Waals surface area contributed by atoms with E-state index in [1.54, 1.807) is 37.3 Å². The molecule has 0 aliphatic rings. The molecule has 38 heavy (non-hydrogen) atoms. The number of nitrogens with one attached hydrogen (secondary N) is 2. The van der Waals surface area contributed by atoms with Crippen LogP contribution in [0.25, 0.3) is 0 Å². The van der Waals surface area contributed by atoms with Crippen molar-refractivity contribution in [1.82, 2.24) is 10.5 Å². The standard InChI is InChI=1S/C29H35ClN4O4/c1-7-29(5,6)32-28(37)27(21-10-8-9-11-22(21)30)34(23-13-12-18(2)16-19(23)3)26(36)15-14-25(35)31-24-17-20(4)38-33-24/h8-13,16-17,27H,7,14-15H2,1-6H3,(H,32,37)(H,31,33,35)/t27-/m1/s1. The normalized spacial score (nSPS) is 12.1. The fraction of sp³-hybridized carbons (Fsp3) is 0.379. The van der Waals surface area contributed by atoms with Gasteiger partial charge in [-0.1, -0.05) is 59.6 Å². The molecule has 0 aliphatic carbocycles. The van der Waals surface area contributed by atoms with E-state index in [-0.39, 0.29) is 24.6 Å². The maximum atomic E-state index is 13.9. The third-order valence-electron chi connectivity index (χ3n) is 6.39. The molecule has 202 valence electrons. The summed E-state index contributed by atoms with van der Waals surface area (Å²) in [6.45, 7) is 11.4. The lowest BCUT2D eigenvalue weighted by molar-refractivity contribution is -0.128. The van der Waals surface area contributed by atoms with Crippen LogP contribution in [0.3, 0.4) is 0 Å². The van der Waals surface area contributed by atoms with Gasteiger partial charge in [-0.3, -0.25) is 19.3 Å². The number of aromatic nitrogens is 1. The Bertz CT molecular complexity index is 1320. The van der Waals surface area contributed by atoms with Crippen LogP contribution in [0.4, 0.5) is 11.5 Å². The van der Waals surface area contributed by atoms with Gasteiger partial charge < -0.3 is 15.2 Å². The van der Waals surface area contributed by atoms with Gasteiger partial charge in [0.2, 0.25) is 17.7 Å². The number of benzene rings is 2. The number of nitrogens with zero attached hydrogens (tertiary/aromatic N) is 2. The van der Waals surface area contributed by atoms with Crippen molar-refractivity contribution in [3.63, 3.8) is 0 Å². The largest absolute Gasteiger partial charge is 0.360 e. The van der Waals surface area contributed by atoms with Crippen molar-refractivity contribution < 1.29 is 18.9 Å². The lowest BCUT2D eigenvalue weighted by Crippen LogP contribution is -2.50. The summed E-state index contributed by atoms with van der Waals surface area (Å²) in [5.41, 5.74) is 2.40. The zero-order valence-electron chi connectivity index (χ0n) is 22.7. The molecule has 1 atom stereocenters. The third-order valence-corrected chi connectivity index (χ3v) is 6.74. The summed E-state index contributed by atoms with van der Waals surface area (Å²) in [6, 6.07) is 13.2. The molecule has 1 heterocycles. The Morgan fingerprint density at radius 3 is 2.37 bits per heavy atom. The van der Waals surface area contributed by atoms with Crippen molar-refractivity contribution in [3.8, 4) is 0 Å². The summed E-state index contributed by atoms with van der Waals surface area (Å²) in [5, 5.41) is 9.83. The van der Waals surface area contributed by atoms with Crippen molar-refractivity contribution in [1.29, 1.82) is 0 Å². The van der Waals surface area contributed by atoms with Gasteiger partial charge in [-0.05, 0) is 58.7 Å². The summed E-state index contributed by atoms with van der Waals surface area (Å²) < 4.78 is 4.98. The SMILES string of the molecule is CCC(C)(C)NC(=O)[C@@H](c1ccccc1Cl)N(C(=O)CCC(=O)Nc1cc(C)on1)c1ccc(C)cc1C. The van der Waals surface area contributed by atoms with E-state index in [4.69, 9.17) is 16.1 Å². The molecule has 0 radical (unpaired) electrons. The summed E-state index contributed by atoms with van der Waals surface area (Å²) >= 11 is 6.59. The molecule has 3 rings (SSSR count). The number of halogens is 1. The van der Waals surface area contributed by atoms with Gasteiger partial charge in [-0.15, -0.1) is 0 Å². The minimum absolute atomic E-state index is 0.108. The van der Waals surface area contributed by atoms with Crippen LogP contribution in [0.15, 0.2) is 53.1 Å². The number of hydrogen-bond donors (Lipinski definition) is 2. The monoisotopic (exact) mass is 538 g/mol. The van der Waals surface area contributed by atoms with E-state index in [0.717, 1.165) is 11.1 Å². The highest BCUT2D eigenvalue weighted by atomic mass is 35.5. The number of amides is 3. The molecule has 0 aliphatic heterocycles. The topological polar surface area (TPSA) is 105 Å². The maximum absolute atomic E-state index is 13.9. The Morgan fingerprint density at radius 1 is 1.05 bits per heavy atom. The summed E-state index contributed by atoms with van der Waals surface area (Å²) in [4.78, 5) is 41.8. The van der Waals surface area contributed by atoms with E-state index in [9.17, 15) is 14.4 Å². The second kappa shape index (κ2) is 12.3. The van der Waals surface area contributed by atoms with Crippen LogP contribution in [0, 0.1) is 20.8 Å². The molecule has 3 amide bonds. The van der Waals surface area contributed by atoms with Gasteiger partial charge in [0.05, 0.1) is 0 Å². The van der Waals surface area contributed by atoms with Crippen molar-refractivity contribution >= 4 is 40.8 Å². The molecule has 0 fully saturated rings. The predicted molar refractivity (Wildman–Crippen MR) is 149 cm³/mol. The van der Waals surface area contributed by atoms with E-state index < -0.39 is 23.4 Å². The molecule has 0 bridgehead atoms. The second-order valence-corrected chi connectivity index (χ2v) is 10.5.